The minimum absolute atomic E-state index is 0.00378. The summed E-state index contributed by atoms with van der Waals surface area (Å²) in [6, 6.07) is 3.93. The van der Waals surface area contributed by atoms with E-state index in [1.807, 2.05) is 18.3 Å². The maximum atomic E-state index is 13.5. The molecule has 2 amide bonds. The first kappa shape index (κ1) is 36.2. The van der Waals surface area contributed by atoms with Crippen molar-refractivity contribution in [1.82, 2.24) is 35.1 Å². The summed E-state index contributed by atoms with van der Waals surface area (Å²) in [5.41, 5.74) is 2.13. The van der Waals surface area contributed by atoms with Crippen molar-refractivity contribution in [3.8, 4) is 0 Å². The third-order valence-corrected chi connectivity index (χ3v) is 9.74. The molecule has 1 aliphatic heterocycles. The van der Waals surface area contributed by atoms with Gasteiger partial charge in [0.2, 0.25) is 17.8 Å². The van der Waals surface area contributed by atoms with E-state index in [0.29, 0.717) is 47.9 Å². The quantitative estimate of drug-likeness (QED) is 0.114. The molecule has 3 N–H and O–H groups in total. The first-order valence-electron chi connectivity index (χ1n) is 17.5. The summed E-state index contributed by atoms with van der Waals surface area (Å²) in [5, 5.41) is 9.68. The SMILES string of the molecule is CC(=O)c1c(C)c2cnc(Nc3ccc(N4CCN(CCC(=O)NCCCCCCNC(=O)CCl)CC4)cn3)nc2n(C2CCCC2)c1=O. The molecule has 3 aromatic rings. The number of ketones is 1. The minimum atomic E-state index is -0.272. The van der Waals surface area contributed by atoms with Crippen molar-refractivity contribution in [3.05, 3.63) is 46.0 Å². The van der Waals surface area contributed by atoms with Gasteiger partial charge in [-0.3, -0.25) is 28.6 Å². The van der Waals surface area contributed by atoms with Crippen molar-refractivity contribution in [2.45, 2.75) is 77.7 Å². The van der Waals surface area contributed by atoms with E-state index in [-0.39, 0.29) is 40.6 Å². The Morgan fingerprint density at radius 2 is 1.61 bits per heavy atom. The molecule has 1 aliphatic carbocycles. The molecule has 0 unspecified atom stereocenters. The highest BCUT2D eigenvalue weighted by atomic mass is 35.5. The van der Waals surface area contributed by atoms with Crippen LogP contribution in [0.25, 0.3) is 11.0 Å². The molecule has 0 radical (unpaired) electrons. The van der Waals surface area contributed by atoms with Gasteiger partial charge in [0.1, 0.15) is 17.3 Å². The number of carbonyl (C=O) groups excluding carboxylic acids is 3. The number of rotatable bonds is 16. The van der Waals surface area contributed by atoms with Gasteiger partial charge in [0.25, 0.3) is 5.56 Å². The van der Waals surface area contributed by atoms with Crippen LogP contribution in [0.2, 0.25) is 0 Å². The van der Waals surface area contributed by atoms with Gasteiger partial charge in [-0.25, -0.2) is 9.97 Å². The zero-order chi connectivity index (χ0) is 34.8. The number of halogens is 1. The van der Waals surface area contributed by atoms with E-state index in [1.165, 1.54) is 6.92 Å². The fraction of sp³-hybridized carbons (Fsp3) is 0.571. The summed E-state index contributed by atoms with van der Waals surface area (Å²) in [6.45, 7) is 8.69. The highest BCUT2D eigenvalue weighted by Gasteiger charge is 2.26. The normalized spacial score (nSPS) is 15.4. The second kappa shape index (κ2) is 17.5. The van der Waals surface area contributed by atoms with E-state index in [0.717, 1.165) is 89.8 Å². The number of piperazine rings is 1. The van der Waals surface area contributed by atoms with Crippen LogP contribution in [0.15, 0.2) is 29.3 Å². The van der Waals surface area contributed by atoms with Crippen LogP contribution in [0, 0.1) is 6.92 Å². The number of alkyl halides is 1. The standard InChI is InChI=1S/C35H48ClN9O4/c1-24-28-23-40-35(42-33(28)45(26-9-5-6-10-26)34(49)32(24)25(2)46)41-29-12-11-27(22-39-29)44-19-17-43(18-20-44)16-13-30(47)37-14-7-3-4-8-15-38-31(48)21-36/h11-12,22-23,26H,3-10,13-21H2,1-2H3,(H,37,47)(H,38,48)(H,39,40,41,42). The number of aryl methyl sites for hydroxylation is 1. The molecule has 3 aromatic heterocycles. The lowest BCUT2D eigenvalue weighted by Gasteiger charge is -2.35. The number of unbranched alkanes of at least 4 members (excludes halogenated alkanes) is 3. The van der Waals surface area contributed by atoms with Crippen LogP contribution in [0.5, 0.6) is 0 Å². The Labute approximate surface area is 292 Å². The van der Waals surface area contributed by atoms with Crippen molar-refractivity contribution in [2.75, 3.05) is 61.9 Å². The second-order valence-electron chi connectivity index (χ2n) is 13.0. The van der Waals surface area contributed by atoms with Crippen molar-refractivity contribution in [1.29, 1.82) is 0 Å². The maximum Gasteiger partial charge on any atom is 0.263 e. The number of amides is 2. The van der Waals surface area contributed by atoms with Crippen LogP contribution in [-0.4, -0.2) is 93.7 Å². The molecule has 1 saturated heterocycles. The number of carbonyl (C=O) groups is 3. The number of pyridine rings is 2. The summed E-state index contributed by atoms with van der Waals surface area (Å²) in [7, 11) is 0. The lowest BCUT2D eigenvalue weighted by Crippen LogP contribution is -2.47. The molecule has 13 nitrogen and oxygen atoms in total. The smallest absolute Gasteiger partial charge is 0.263 e. The van der Waals surface area contributed by atoms with Gasteiger partial charge in [-0.2, -0.15) is 4.98 Å². The molecule has 0 bridgehead atoms. The summed E-state index contributed by atoms with van der Waals surface area (Å²) >= 11 is 5.46. The molecule has 5 rings (SSSR count). The molecule has 0 spiro atoms. The summed E-state index contributed by atoms with van der Waals surface area (Å²) in [5.74, 6) is 0.635. The Kier molecular flexibility index (Phi) is 12.9. The average Bonchev–Trinajstić information content (AvgIpc) is 3.63. The predicted octanol–water partition coefficient (Wildman–Crippen LogP) is 4.10. The monoisotopic (exact) mass is 693 g/mol. The summed E-state index contributed by atoms with van der Waals surface area (Å²) < 4.78 is 1.71. The van der Waals surface area contributed by atoms with Crippen LogP contribution in [0.1, 0.15) is 86.7 Å². The third-order valence-electron chi connectivity index (χ3n) is 9.50. The second-order valence-corrected chi connectivity index (χ2v) is 13.2. The van der Waals surface area contributed by atoms with E-state index in [1.54, 1.807) is 17.7 Å². The van der Waals surface area contributed by atoms with E-state index in [4.69, 9.17) is 16.6 Å². The Hall–Kier alpha value is -4.10. The van der Waals surface area contributed by atoms with Crippen molar-refractivity contribution in [2.24, 2.45) is 0 Å². The molecule has 4 heterocycles. The number of fused-ring (bicyclic) bond motifs is 1. The fourth-order valence-corrected chi connectivity index (χ4v) is 6.85. The zero-order valence-electron chi connectivity index (χ0n) is 28.6. The number of nitrogens with one attached hydrogen (secondary N) is 3. The van der Waals surface area contributed by atoms with E-state index in [9.17, 15) is 19.2 Å². The van der Waals surface area contributed by atoms with E-state index < -0.39 is 0 Å². The molecule has 2 aliphatic rings. The fourth-order valence-electron chi connectivity index (χ4n) is 6.75. The van der Waals surface area contributed by atoms with Gasteiger partial charge in [-0.1, -0.05) is 25.7 Å². The van der Waals surface area contributed by atoms with Crippen LogP contribution in [0.4, 0.5) is 17.5 Å². The Balaban J connectivity index is 1.08. The van der Waals surface area contributed by atoms with Crippen LogP contribution < -0.4 is 26.4 Å². The molecule has 0 atom stereocenters. The largest absolute Gasteiger partial charge is 0.368 e. The van der Waals surface area contributed by atoms with Crippen LogP contribution in [-0.2, 0) is 9.59 Å². The average molecular weight is 694 g/mol. The molecule has 1 saturated carbocycles. The van der Waals surface area contributed by atoms with Crippen LogP contribution in [0.3, 0.4) is 0 Å². The maximum absolute atomic E-state index is 13.5. The third kappa shape index (κ3) is 9.54. The minimum Gasteiger partial charge on any atom is -0.368 e. The topological polar surface area (TPSA) is 154 Å². The molecule has 49 heavy (non-hydrogen) atoms. The molecule has 2 fully saturated rings. The number of anilines is 3. The Bertz CT molecular complexity index is 1670. The van der Waals surface area contributed by atoms with Gasteiger partial charge < -0.3 is 20.9 Å². The van der Waals surface area contributed by atoms with Crippen molar-refractivity contribution < 1.29 is 14.4 Å². The van der Waals surface area contributed by atoms with E-state index in [2.05, 4.69) is 35.7 Å². The van der Waals surface area contributed by atoms with Gasteiger partial charge in [-0.05, 0) is 57.2 Å². The first-order valence-corrected chi connectivity index (χ1v) is 18.0. The first-order chi connectivity index (χ1) is 23.7. The molecular weight excluding hydrogens is 646 g/mol. The van der Waals surface area contributed by atoms with Gasteiger partial charge in [0, 0.05) is 69.9 Å². The molecular formula is C35H48ClN9O4. The number of nitrogens with zero attached hydrogens (tertiary/aromatic N) is 6. The summed E-state index contributed by atoms with van der Waals surface area (Å²) in [4.78, 5) is 67.8. The van der Waals surface area contributed by atoms with Crippen molar-refractivity contribution >= 4 is 57.7 Å². The number of Topliss-reactive ketones (excluding diaryl/α,β-unsaturated/α-hetero) is 1. The van der Waals surface area contributed by atoms with Crippen molar-refractivity contribution in [3.63, 3.8) is 0 Å². The van der Waals surface area contributed by atoms with Gasteiger partial charge >= 0.3 is 0 Å². The van der Waals surface area contributed by atoms with Gasteiger partial charge in [-0.15, -0.1) is 11.6 Å². The van der Waals surface area contributed by atoms with E-state index >= 15 is 0 Å². The zero-order valence-corrected chi connectivity index (χ0v) is 29.4. The number of hydrogen-bond donors (Lipinski definition) is 3. The lowest BCUT2D eigenvalue weighted by molar-refractivity contribution is -0.121. The Morgan fingerprint density at radius 3 is 2.24 bits per heavy atom. The van der Waals surface area contributed by atoms with Gasteiger partial charge in [0.15, 0.2) is 5.78 Å². The molecule has 0 aromatic carbocycles. The number of aromatic nitrogens is 4. The molecule has 264 valence electrons. The summed E-state index contributed by atoms with van der Waals surface area (Å²) in [6.07, 6.45) is 11.7. The highest BCUT2D eigenvalue weighted by Crippen LogP contribution is 2.32. The lowest BCUT2D eigenvalue weighted by atomic mass is 10.0. The molecule has 14 heteroatoms. The van der Waals surface area contributed by atoms with Gasteiger partial charge in [0.05, 0.1) is 17.4 Å². The number of hydrogen-bond acceptors (Lipinski definition) is 10. The highest BCUT2D eigenvalue weighted by molar-refractivity contribution is 6.27. The Morgan fingerprint density at radius 1 is 0.918 bits per heavy atom. The van der Waals surface area contributed by atoms with Crippen LogP contribution >= 0.6 is 11.6 Å². The predicted molar refractivity (Wildman–Crippen MR) is 192 cm³/mol.